The second-order valence-corrected chi connectivity index (χ2v) is 4.49. The summed E-state index contributed by atoms with van der Waals surface area (Å²) in [7, 11) is 0. The van der Waals surface area contributed by atoms with Crippen LogP contribution >= 0.6 is 0 Å². The van der Waals surface area contributed by atoms with E-state index in [0.717, 1.165) is 6.42 Å². The number of hydrogen-bond donors (Lipinski definition) is 2. The first kappa shape index (κ1) is 13.5. The van der Waals surface area contributed by atoms with Crippen molar-refractivity contribution in [3.05, 3.63) is 22.4 Å². The van der Waals surface area contributed by atoms with Crippen LogP contribution in [0.4, 0.5) is 0 Å². The predicted molar refractivity (Wildman–Crippen MR) is 64.7 cm³/mol. The molecule has 0 aromatic carbocycles. The van der Waals surface area contributed by atoms with Crippen molar-refractivity contribution >= 4 is 5.97 Å². The lowest BCUT2D eigenvalue weighted by Gasteiger charge is -2.17. The minimum atomic E-state index is -0.310. The van der Waals surface area contributed by atoms with Gasteiger partial charge in [-0.25, -0.2) is 4.79 Å². The Morgan fingerprint density at radius 1 is 1.41 bits per heavy atom. The summed E-state index contributed by atoms with van der Waals surface area (Å²) in [5.41, 5.74) is 0.247. The molecular formula is C12H20N2O3. The van der Waals surface area contributed by atoms with Crippen molar-refractivity contribution in [2.45, 2.75) is 33.6 Å². The van der Waals surface area contributed by atoms with Crippen LogP contribution in [0.3, 0.4) is 0 Å². The van der Waals surface area contributed by atoms with Gasteiger partial charge in [0, 0.05) is 11.9 Å². The maximum absolute atomic E-state index is 11.5. The number of aromatic amines is 2. The number of carbonyl (C=O) groups is 1. The molecule has 0 bridgehead atoms. The molecule has 17 heavy (non-hydrogen) atoms. The summed E-state index contributed by atoms with van der Waals surface area (Å²) in [6, 6.07) is 0. The molecule has 5 nitrogen and oxygen atoms in total. The average molecular weight is 240 g/mol. The van der Waals surface area contributed by atoms with Crippen LogP contribution in [0.5, 0.6) is 0 Å². The molecule has 0 saturated carbocycles. The first-order chi connectivity index (χ1) is 8.02. The zero-order valence-corrected chi connectivity index (χ0v) is 10.6. The van der Waals surface area contributed by atoms with Crippen molar-refractivity contribution < 1.29 is 9.53 Å². The number of hydrogen-bond acceptors (Lipinski definition) is 3. The minimum Gasteiger partial charge on any atom is -0.465 e. The highest BCUT2D eigenvalue weighted by Crippen LogP contribution is 2.14. The summed E-state index contributed by atoms with van der Waals surface area (Å²) in [5, 5.41) is 0. The van der Waals surface area contributed by atoms with E-state index in [1.807, 2.05) is 0 Å². The quantitative estimate of drug-likeness (QED) is 0.739. The largest absolute Gasteiger partial charge is 0.465 e. The van der Waals surface area contributed by atoms with Gasteiger partial charge >= 0.3 is 11.7 Å². The first-order valence-electron chi connectivity index (χ1n) is 5.95. The molecule has 0 amide bonds. The fourth-order valence-corrected chi connectivity index (χ4v) is 1.46. The maximum Gasteiger partial charge on any atom is 0.323 e. The van der Waals surface area contributed by atoms with Crippen LogP contribution < -0.4 is 5.69 Å². The van der Waals surface area contributed by atoms with Crippen molar-refractivity contribution in [3.8, 4) is 0 Å². The van der Waals surface area contributed by atoms with Crippen molar-refractivity contribution in [1.29, 1.82) is 0 Å². The highest BCUT2D eigenvalue weighted by Gasteiger charge is 2.13. The van der Waals surface area contributed by atoms with Gasteiger partial charge in [-0.3, -0.25) is 4.79 Å². The number of H-pyrrole nitrogens is 2. The third kappa shape index (κ3) is 4.46. The van der Waals surface area contributed by atoms with E-state index in [2.05, 4.69) is 30.7 Å². The third-order valence-electron chi connectivity index (χ3n) is 3.11. The van der Waals surface area contributed by atoms with Gasteiger partial charge in [-0.05, 0) is 11.8 Å². The van der Waals surface area contributed by atoms with Gasteiger partial charge in [0.2, 0.25) is 0 Å². The van der Waals surface area contributed by atoms with Gasteiger partial charge in [-0.1, -0.05) is 27.2 Å². The molecule has 0 aliphatic heterocycles. The summed E-state index contributed by atoms with van der Waals surface area (Å²) >= 11 is 0. The van der Waals surface area contributed by atoms with E-state index >= 15 is 0 Å². The molecule has 2 unspecified atom stereocenters. The second-order valence-electron chi connectivity index (χ2n) is 4.49. The summed E-state index contributed by atoms with van der Waals surface area (Å²) in [5.74, 6) is 0.583. The number of rotatable bonds is 6. The van der Waals surface area contributed by atoms with E-state index in [-0.39, 0.29) is 18.1 Å². The van der Waals surface area contributed by atoms with Crippen molar-refractivity contribution in [3.63, 3.8) is 0 Å². The minimum absolute atomic E-state index is 0.103. The van der Waals surface area contributed by atoms with Gasteiger partial charge in [0.1, 0.15) is 0 Å². The third-order valence-corrected chi connectivity index (χ3v) is 3.11. The lowest BCUT2D eigenvalue weighted by atomic mass is 9.94. The predicted octanol–water partition coefficient (Wildman–Crippen LogP) is 1.47. The first-order valence-corrected chi connectivity index (χ1v) is 5.95. The summed E-state index contributed by atoms with van der Waals surface area (Å²) in [4.78, 5) is 27.2. The molecule has 0 radical (unpaired) electrons. The summed E-state index contributed by atoms with van der Waals surface area (Å²) in [6.07, 6.45) is 2.66. The highest BCUT2D eigenvalue weighted by molar-refractivity contribution is 5.71. The molecule has 0 spiro atoms. The molecule has 1 rings (SSSR count). The Labute approximate surface area is 101 Å². The Hall–Kier alpha value is -1.52. The molecule has 5 heteroatoms. The topological polar surface area (TPSA) is 75.0 Å². The van der Waals surface area contributed by atoms with Crippen molar-refractivity contribution in [2.24, 2.45) is 11.8 Å². The highest BCUT2D eigenvalue weighted by atomic mass is 16.5. The zero-order valence-electron chi connectivity index (χ0n) is 10.6. The van der Waals surface area contributed by atoms with E-state index in [9.17, 15) is 9.59 Å². The Bertz CT molecular complexity index is 408. The van der Waals surface area contributed by atoms with Crippen LogP contribution in [0.15, 0.2) is 11.0 Å². The number of carbonyl (C=O) groups excluding carboxylic acids is 1. The SMILES string of the molecule is CCC(C)C(C)COC(=O)Cc1c[nH]c(=O)[nH]1. The molecule has 0 saturated heterocycles. The Morgan fingerprint density at radius 3 is 2.65 bits per heavy atom. The number of ether oxygens (including phenoxy) is 1. The van der Waals surface area contributed by atoms with Crippen LogP contribution in [-0.2, 0) is 16.0 Å². The lowest BCUT2D eigenvalue weighted by molar-refractivity contribution is -0.144. The van der Waals surface area contributed by atoms with Gasteiger partial charge in [0.05, 0.1) is 13.0 Å². The number of nitrogens with one attached hydrogen (secondary N) is 2. The normalized spacial score (nSPS) is 14.3. The number of aromatic nitrogens is 2. The molecule has 1 aromatic heterocycles. The van der Waals surface area contributed by atoms with Crippen LogP contribution in [0.1, 0.15) is 32.9 Å². The second kappa shape index (κ2) is 6.27. The maximum atomic E-state index is 11.5. The van der Waals surface area contributed by atoms with E-state index < -0.39 is 0 Å². The Kier molecular flexibility index (Phi) is 5.00. The molecule has 1 aromatic rings. The van der Waals surface area contributed by atoms with Crippen LogP contribution in [0.25, 0.3) is 0 Å². The lowest BCUT2D eigenvalue weighted by Crippen LogP contribution is -2.18. The zero-order chi connectivity index (χ0) is 12.8. The standard InChI is InChI=1S/C12H20N2O3/c1-4-8(2)9(3)7-17-11(15)5-10-6-13-12(16)14-10/h6,8-9H,4-5,7H2,1-3H3,(H2,13,14,16). The molecule has 1 heterocycles. The molecule has 2 N–H and O–H groups in total. The number of imidazole rings is 1. The summed E-state index contributed by atoms with van der Waals surface area (Å²) < 4.78 is 5.17. The Balaban J connectivity index is 2.33. The molecule has 0 aliphatic carbocycles. The van der Waals surface area contributed by atoms with E-state index in [1.165, 1.54) is 6.20 Å². The van der Waals surface area contributed by atoms with E-state index in [1.54, 1.807) is 0 Å². The van der Waals surface area contributed by atoms with E-state index in [4.69, 9.17) is 4.74 Å². The number of esters is 1. The molecule has 0 aliphatic rings. The van der Waals surface area contributed by atoms with E-state index in [0.29, 0.717) is 24.1 Å². The van der Waals surface area contributed by atoms with Crippen LogP contribution in [0.2, 0.25) is 0 Å². The van der Waals surface area contributed by atoms with Gasteiger partial charge in [0.25, 0.3) is 0 Å². The van der Waals surface area contributed by atoms with Crippen molar-refractivity contribution in [1.82, 2.24) is 9.97 Å². The Morgan fingerprint density at radius 2 is 2.12 bits per heavy atom. The molecular weight excluding hydrogens is 220 g/mol. The molecule has 2 atom stereocenters. The summed E-state index contributed by atoms with van der Waals surface area (Å²) in [6.45, 7) is 6.76. The smallest absolute Gasteiger partial charge is 0.323 e. The van der Waals surface area contributed by atoms with Crippen LogP contribution in [-0.4, -0.2) is 22.5 Å². The van der Waals surface area contributed by atoms with Gasteiger partial charge in [0.15, 0.2) is 0 Å². The fraction of sp³-hybridized carbons (Fsp3) is 0.667. The van der Waals surface area contributed by atoms with Gasteiger partial charge < -0.3 is 14.7 Å². The monoisotopic (exact) mass is 240 g/mol. The fourth-order valence-electron chi connectivity index (χ4n) is 1.46. The van der Waals surface area contributed by atoms with Gasteiger partial charge in [-0.2, -0.15) is 0 Å². The van der Waals surface area contributed by atoms with Crippen LogP contribution in [0, 0.1) is 11.8 Å². The molecule has 96 valence electrons. The molecule has 0 fully saturated rings. The average Bonchev–Trinajstić information content (AvgIpc) is 2.70. The van der Waals surface area contributed by atoms with Gasteiger partial charge in [-0.15, -0.1) is 0 Å². The van der Waals surface area contributed by atoms with Crippen molar-refractivity contribution in [2.75, 3.05) is 6.61 Å².